The van der Waals surface area contributed by atoms with Crippen LogP contribution in [0.25, 0.3) is 0 Å². The molecule has 0 spiro atoms. The Labute approximate surface area is 167 Å². The third-order valence-corrected chi connectivity index (χ3v) is 5.44. The van der Waals surface area contributed by atoms with Crippen LogP contribution in [0.4, 0.5) is 13.2 Å². The zero-order chi connectivity index (χ0) is 21.6. The maximum Gasteiger partial charge on any atom is 0.416 e. The zero-order valence-electron chi connectivity index (χ0n) is 16.9. The summed E-state index contributed by atoms with van der Waals surface area (Å²) in [5.74, 6) is -3.06. The summed E-state index contributed by atoms with van der Waals surface area (Å²) in [6.07, 6.45) is -3.96. The number of halogens is 3. The Morgan fingerprint density at radius 3 is 2.52 bits per heavy atom. The second kappa shape index (κ2) is 7.43. The predicted molar refractivity (Wildman–Crippen MR) is 102 cm³/mol. The summed E-state index contributed by atoms with van der Waals surface area (Å²) < 4.78 is 46.5. The van der Waals surface area contributed by atoms with Crippen LogP contribution in [0, 0.1) is 11.3 Å². The quantitative estimate of drug-likeness (QED) is 0.656. The highest BCUT2D eigenvalue weighted by Crippen LogP contribution is 2.50. The summed E-state index contributed by atoms with van der Waals surface area (Å²) >= 11 is 0. The molecule has 4 nitrogen and oxygen atoms in total. The standard InChI is InChI=1S/C22H24F3NO3/c1-5-29-20(28)17-12(2)26-15-10-21(3,4)11-16(27)19(15)18(17)13-8-6-7-9-14(13)22(23,24)25/h6-9,17-18H,5,10-11H2,1-4H3/t17?,18-/m0/s1. The second-order valence-corrected chi connectivity index (χ2v) is 8.35. The van der Waals surface area contributed by atoms with Crippen molar-refractivity contribution in [3.05, 3.63) is 46.7 Å². The van der Waals surface area contributed by atoms with Crippen LogP contribution in [0.1, 0.15) is 57.6 Å². The van der Waals surface area contributed by atoms with E-state index in [2.05, 4.69) is 4.99 Å². The molecule has 2 atom stereocenters. The lowest BCUT2D eigenvalue weighted by atomic mass is 9.66. The minimum Gasteiger partial charge on any atom is -0.465 e. The Morgan fingerprint density at radius 2 is 1.90 bits per heavy atom. The molecule has 1 heterocycles. The fraction of sp³-hybridized carbons (Fsp3) is 0.500. The first-order valence-electron chi connectivity index (χ1n) is 9.60. The number of carbonyl (C=O) groups excluding carboxylic acids is 2. The van der Waals surface area contributed by atoms with Crippen LogP contribution >= 0.6 is 0 Å². The normalized spacial score (nSPS) is 24.1. The van der Waals surface area contributed by atoms with Crippen LogP contribution in [-0.4, -0.2) is 24.1 Å². The molecule has 0 amide bonds. The van der Waals surface area contributed by atoms with E-state index in [1.807, 2.05) is 13.8 Å². The van der Waals surface area contributed by atoms with Crippen LogP contribution in [0.2, 0.25) is 0 Å². The summed E-state index contributed by atoms with van der Waals surface area (Å²) in [6.45, 7) is 7.18. The number of Topliss-reactive ketones (excluding diaryl/α,β-unsaturated/α-hetero) is 1. The number of alkyl halides is 3. The van der Waals surface area contributed by atoms with Crippen molar-refractivity contribution < 1.29 is 27.5 Å². The van der Waals surface area contributed by atoms with Gasteiger partial charge < -0.3 is 4.74 Å². The number of esters is 1. The van der Waals surface area contributed by atoms with Crippen molar-refractivity contribution in [1.29, 1.82) is 0 Å². The van der Waals surface area contributed by atoms with Crippen LogP contribution in [0.15, 0.2) is 40.5 Å². The van der Waals surface area contributed by atoms with Crippen molar-refractivity contribution in [2.24, 2.45) is 16.3 Å². The molecule has 1 aliphatic carbocycles. The number of rotatable bonds is 3. The Morgan fingerprint density at radius 1 is 1.24 bits per heavy atom. The number of hydrogen-bond donors (Lipinski definition) is 0. The molecule has 1 aliphatic heterocycles. The average molecular weight is 407 g/mol. The fourth-order valence-electron chi connectivity index (χ4n) is 4.34. The Bertz CT molecular complexity index is 912. The molecular weight excluding hydrogens is 383 g/mol. The molecule has 7 heteroatoms. The van der Waals surface area contributed by atoms with E-state index in [-0.39, 0.29) is 35.4 Å². The molecule has 0 bridgehead atoms. The zero-order valence-corrected chi connectivity index (χ0v) is 16.9. The van der Waals surface area contributed by atoms with E-state index in [9.17, 15) is 22.8 Å². The summed E-state index contributed by atoms with van der Waals surface area (Å²) in [5, 5.41) is 0. The maximum atomic E-state index is 13.8. The maximum absolute atomic E-state index is 13.8. The van der Waals surface area contributed by atoms with Gasteiger partial charge in [-0.2, -0.15) is 13.2 Å². The summed E-state index contributed by atoms with van der Waals surface area (Å²) in [7, 11) is 0. The minimum absolute atomic E-state index is 0.0864. The Hall–Kier alpha value is -2.44. The topological polar surface area (TPSA) is 55.7 Å². The van der Waals surface area contributed by atoms with E-state index in [0.29, 0.717) is 17.8 Å². The molecule has 0 N–H and O–H groups in total. The van der Waals surface area contributed by atoms with Gasteiger partial charge in [0, 0.05) is 29.3 Å². The Balaban J connectivity index is 2.27. The van der Waals surface area contributed by atoms with E-state index in [1.165, 1.54) is 18.2 Å². The van der Waals surface area contributed by atoms with Gasteiger partial charge in [-0.3, -0.25) is 14.6 Å². The number of nitrogens with zero attached hydrogens (tertiary/aromatic N) is 1. The molecule has 2 aliphatic rings. The van der Waals surface area contributed by atoms with Gasteiger partial charge in [0.2, 0.25) is 0 Å². The first-order valence-corrected chi connectivity index (χ1v) is 9.60. The minimum atomic E-state index is -4.62. The van der Waals surface area contributed by atoms with E-state index in [4.69, 9.17) is 4.74 Å². The lowest BCUT2D eigenvalue weighted by molar-refractivity contribution is -0.147. The van der Waals surface area contributed by atoms with Gasteiger partial charge in [0.25, 0.3) is 0 Å². The fourth-order valence-corrected chi connectivity index (χ4v) is 4.34. The highest BCUT2D eigenvalue weighted by molar-refractivity contribution is 6.09. The van der Waals surface area contributed by atoms with Crippen LogP contribution in [0.5, 0.6) is 0 Å². The molecule has 1 aromatic carbocycles. The van der Waals surface area contributed by atoms with Crippen molar-refractivity contribution in [2.75, 3.05) is 6.61 Å². The number of ketones is 1. The van der Waals surface area contributed by atoms with E-state index in [1.54, 1.807) is 13.8 Å². The van der Waals surface area contributed by atoms with Gasteiger partial charge in [-0.05, 0) is 37.3 Å². The number of benzene rings is 1. The first-order chi connectivity index (χ1) is 13.5. The monoisotopic (exact) mass is 407 g/mol. The number of carbonyl (C=O) groups is 2. The van der Waals surface area contributed by atoms with Gasteiger partial charge in [0.05, 0.1) is 12.2 Å². The predicted octanol–water partition coefficient (Wildman–Crippen LogP) is 5.09. The van der Waals surface area contributed by atoms with E-state index < -0.39 is 29.5 Å². The van der Waals surface area contributed by atoms with Crippen molar-refractivity contribution in [3.8, 4) is 0 Å². The molecule has 0 radical (unpaired) electrons. The van der Waals surface area contributed by atoms with Crippen LogP contribution in [0.3, 0.4) is 0 Å². The van der Waals surface area contributed by atoms with Crippen molar-refractivity contribution in [2.45, 2.75) is 52.6 Å². The highest BCUT2D eigenvalue weighted by Gasteiger charge is 2.48. The number of ether oxygens (including phenoxy) is 1. The van der Waals surface area contributed by atoms with Gasteiger partial charge in [-0.25, -0.2) is 0 Å². The van der Waals surface area contributed by atoms with E-state index in [0.717, 1.165) is 6.07 Å². The van der Waals surface area contributed by atoms with Gasteiger partial charge in [0.15, 0.2) is 5.78 Å². The second-order valence-electron chi connectivity index (χ2n) is 8.35. The first kappa shape index (κ1) is 21.3. The molecule has 0 saturated heterocycles. The smallest absolute Gasteiger partial charge is 0.416 e. The number of allylic oxidation sites excluding steroid dienone is 2. The molecule has 1 unspecified atom stereocenters. The van der Waals surface area contributed by atoms with Gasteiger partial charge in [0.1, 0.15) is 5.92 Å². The van der Waals surface area contributed by atoms with Crippen LogP contribution in [-0.2, 0) is 20.5 Å². The molecule has 0 saturated carbocycles. The third kappa shape index (κ3) is 4.00. The molecule has 156 valence electrons. The molecule has 0 fully saturated rings. The SMILES string of the molecule is CCOC(=O)C1C(C)=NC2=C(C(=O)CC(C)(C)C2)[C@H]1c1ccccc1C(F)(F)F. The van der Waals surface area contributed by atoms with Crippen molar-refractivity contribution in [1.82, 2.24) is 0 Å². The van der Waals surface area contributed by atoms with Gasteiger partial charge in [-0.15, -0.1) is 0 Å². The number of hydrogen-bond acceptors (Lipinski definition) is 4. The lowest BCUT2D eigenvalue weighted by Gasteiger charge is -2.39. The van der Waals surface area contributed by atoms with Gasteiger partial charge >= 0.3 is 12.1 Å². The van der Waals surface area contributed by atoms with Crippen LogP contribution < -0.4 is 0 Å². The Kier molecular flexibility index (Phi) is 5.45. The molecule has 3 rings (SSSR count). The van der Waals surface area contributed by atoms with Crippen molar-refractivity contribution in [3.63, 3.8) is 0 Å². The van der Waals surface area contributed by atoms with E-state index >= 15 is 0 Å². The number of aliphatic imine (C=N–C) groups is 1. The average Bonchev–Trinajstić information content (AvgIpc) is 2.58. The third-order valence-electron chi connectivity index (χ3n) is 5.44. The van der Waals surface area contributed by atoms with Crippen molar-refractivity contribution >= 4 is 17.5 Å². The summed E-state index contributed by atoms with van der Waals surface area (Å²) in [5.41, 5.74) is -0.221. The summed E-state index contributed by atoms with van der Waals surface area (Å²) in [4.78, 5) is 30.3. The molecule has 1 aromatic rings. The molecule has 29 heavy (non-hydrogen) atoms. The largest absolute Gasteiger partial charge is 0.465 e. The molecule has 0 aromatic heterocycles. The molecular formula is C22H24F3NO3. The lowest BCUT2D eigenvalue weighted by Crippen LogP contribution is -2.40. The highest BCUT2D eigenvalue weighted by atomic mass is 19.4. The van der Waals surface area contributed by atoms with Gasteiger partial charge in [-0.1, -0.05) is 32.0 Å². The summed E-state index contributed by atoms with van der Waals surface area (Å²) in [6, 6.07) is 5.12.